The fourth-order valence-corrected chi connectivity index (χ4v) is 6.15. The Bertz CT molecular complexity index is 1080. The fraction of sp³-hybridized carbons (Fsp3) is 0.577. The smallest absolute Gasteiger partial charge is 0.137 e. The number of likely N-dealkylation sites (tertiary alicyclic amines) is 1. The van der Waals surface area contributed by atoms with Gasteiger partial charge in [-0.2, -0.15) is 0 Å². The van der Waals surface area contributed by atoms with Gasteiger partial charge in [0.2, 0.25) is 0 Å². The summed E-state index contributed by atoms with van der Waals surface area (Å²) in [6, 6.07) is 6.65. The quantitative estimate of drug-likeness (QED) is 0.536. The van der Waals surface area contributed by atoms with Gasteiger partial charge in [0, 0.05) is 50.1 Å². The molecular weight excluding hydrogens is 412 g/mol. The summed E-state index contributed by atoms with van der Waals surface area (Å²) in [7, 11) is 1.75. The van der Waals surface area contributed by atoms with Crippen LogP contribution in [0, 0.1) is 12.3 Å². The second kappa shape index (κ2) is 9.29. The lowest BCUT2D eigenvalue weighted by atomic mass is 9.67. The van der Waals surface area contributed by atoms with Gasteiger partial charge in [-0.15, -0.1) is 10.2 Å². The Hall–Kier alpha value is -2.67. The van der Waals surface area contributed by atoms with Crippen LogP contribution in [0.2, 0.25) is 0 Å². The van der Waals surface area contributed by atoms with Gasteiger partial charge >= 0.3 is 0 Å². The largest absolute Gasteiger partial charge is 0.496 e. The Kier molecular flexibility index (Phi) is 6.23. The summed E-state index contributed by atoms with van der Waals surface area (Å²) in [6.45, 7) is 9.10. The van der Waals surface area contributed by atoms with E-state index in [2.05, 4.69) is 54.3 Å². The molecular formula is C26H36N6O. The molecule has 0 radical (unpaired) electrons. The molecule has 1 saturated carbocycles. The van der Waals surface area contributed by atoms with Gasteiger partial charge < -0.3 is 13.9 Å². The Morgan fingerprint density at radius 3 is 2.70 bits per heavy atom. The SMILES string of the molecule is CCn1cnnc1C1CN(Cc2ccc(OC)c(Cn3ccnc3C)c2)CC12CCCCC2. The van der Waals surface area contributed by atoms with E-state index in [1.807, 2.05) is 25.6 Å². The van der Waals surface area contributed by atoms with Crippen LogP contribution < -0.4 is 4.74 Å². The molecule has 0 N–H and O–H groups in total. The molecule has 7 heteroatoms. The average molecular weight is 449 g/mol. The van der Waals surface area contributed by atoms with Crippen LogP contribution in [0.1, 0.15) is 67.7 Å². The molecule has 1 aliphatic carbocycles. The zero-order valence-corrected chi connectivity index (χ0v) is 20.2. The van der Waals surface area contributed by atoms with Crippen molar-refractivity contribution in [1.29, 1.82) is 0 Å². The topological polar surface area (TPSA) is 61.0 Å². The summed E-state index contributed by atoms with van der Waals surface area (Å²) in [5, 5.41) is 8.88. The van der Waals surface area contributed by atoms with Crippen molar-refractivity contribution in [2.45, 2.75) is 71.5 Å². The first-order valence-corrected chi connectivity index (χ1v) is 12.4. The lowest BCUT2D eigenvalue weighted by Crippen LogP contribution is -2.33. The third-order valence-electron chi connectivity index (χ3n) is 7.88. The number of hydrogen-bond acceptors (Lipinski definition) is 5. The van der Waals surface area contributed by atoms with Crippen LogP contribution in [0.4, 0.5) is 0 Å². The number of nitrogens with zero attached hydrogens (tertiary/aromatic N) is 6. The molecule has 2 aliphatic rings. The molecule has 1 aliphatic heterocycles. The van der Waals surface area contributed by atoms with Crippen molar-refractivity contribution in [3.05, 3.63) is 59.7 Å². The predicted octanol–water partition coefficient (Wildman–Crippen LogP) is 4.41. The Labute approximate surface area is 196 Å². The van der Waals surface area contributed by atoms with Crippen molar-refractivity contribution in [1.82, 2.24) is 29.2 Å². The van der Waals surface area contributed by atoms with E-state index < -0.39 is 0 Å². The van der Waals surface area contributed by atoms with Gasteiger partial charge in [0.1, 0.15) is 23.7 Å². The molecule has 2 aromatic heterocycles. The lowest BCUT2D eigenvalue weighted by molar-refractivity contribution is 0.164. The van der Waals surface area contributed by atoms with Crippen molar-refractivity contribution >= 4 is 0 Å². The van der Waals surface area contributed by atoms with E-state index >= 15 is 0 Å². The Morgan fingerprint density at radius 2 is 1.97 bits per heavy atom. The van der Waals surface area contributed by atoms with E-state index in [1.165, 1.54) is 49.1 Å². The normalized spacial score (nSPS) is 20.5. The van der Waals surface area contributed by atoms with Crippen LogP contribution in [0.25, 0.3) is 0 Å². The van der Waals surface area contributed by atoms with Gasteiger partial charge in [0.25, 0.3) is 0 Å². The zero-order valence-electron chi connectivity index (χ0n) is 20.2. The Morgan fingerprint density at radius 1 is 1.12 bits per heavy atom. The molecule has 1 aromatic carbocycles. The minimum absolute atomic E-state index is 0.335. The molecule has 0 bridgehead atoms. The molecule has 3 heterocycles. The molecule has 5 rings (SSSR count). The standard InChI is InChI=1S/C26H36N6O/c1-4-31-19-28-29-25(31)23-17-30(18-26(23)10-6-5-7-11-26)15-21-8-9-24(33-3)22(14-21)16-32-13-12-27-20(32)2/h8-9,12-14,19,23H,4-7,10-11,15-18H2,1-3H3. The molecule has 3 aromatic rings. The summed E-state index contributed by atoms with van der Waals surface area (Å²) in [5.41, 5.74) is 2.87. The molecule has 1 saturated heterocycles. The van der Waals surface area contributed by atoms with Crippen LogP contribution in [-0.4, -0.2) is 49.4 Å². The molecule has 7 nitrogen and oxygen atoms in total. The first-order chi connectivity index (χ1) is 16.1. The molecule has 33 heavy (non-hydrogen) atoms. The monoisotopic (exact) mass is 448 g/mol. The van der Waals surface area contributed by atoms with E-state index in [0.717, 1.165) is 44.3 Å². The van der Waals surface area contributed by atoms with E-state index in [0.29, 0.717) is 11.3 Å². The number of aromatic nitrogens is 5. The highest BCUT2D eigenvalue weighted by Crippen LogP contribution is 2.51. The number of methoxy groups -OCH3 is 1. The maximum absolute atomic E-state index is 5.68. The second-order valence-corrected chi connectivity index (χ2v) is 9.87. The summed E-state index contributed by atoms with van der Waals surface area (Å²) < 4.78 is 10.1. The van der Waals surface area contributed by atoms with Gasteiger partial charge in [-0.1, -0.05) is 25.3 Å². The molecule has 2 fully saturated rings. The maximum Gasteiger partial charge on any atom is 0.137 e. The molecule has 1 atom stereocenters. The van der Waals surface area contributed by atoms with E-state index in [-0.39, 0.29) is 0 Å². The first kappa shape index (κ1) is 22.1. The molecule has 0 amide bonds. The fourth-order valence-electron chi connectivity index (χ4n) is 6.15. The highest BCUT2D eigenvalue weighted by molar-refractivity contribution is 5.38. The third kappa shape index (κ3) is 4.31. The van der Waals surface area contributed by atoms with Crippen LogP contribution in [0.3, 0.4) is 0 Å². The number of ether oxygens (including phenoxy) is 1. The molecule has 1 spiro atoms. The van der Waals surface area contributed by atoms with E-state index in [9.17, 15) is 0 Å². The highest BCUT2D eigenvalue weighted by Gasteiger charge is 2.49. The molecule has 1 unspecified atom stereocenters. The van der Waals surface area contributed by atoms with Crippen LogP contribution in [0.15, 0.2) is 36.9 Å². The van der Waals surface area contributed by atoms with Gasteiger partial charge in [-0.05, 0) is 49.8 Å². The van der Waals surface area contributed by atoms with Gasteiger partial charge in [-0.3, -0.25) is 4.90 Å². The van der Waals surface area contributed by atoms with E-state index in [1.54, 1.807) is 7.11 Å². The summed E-state index contributed by atoms with van der Waals surface area (Å²) >= 11 is 0. The number of aryl methyl sites for hydroxylation is 2. The van der Waals surface area contributed by atoms with Gasteiger partial charge in [-0.25, -0.2) is 4.98 Å². The lowest BCUT2D eigenvalue weighted by Gasteiger charge is -2.38. The van der Waals surface area contributed by atoms with Crippen LogP contribution in [0.5, 0.6) is 5.75 Å². The maximum atomic E-state index is 5.68. The minimum Gasteiger partial charge on any atom is -0.496 e. The summed E-state index contributed by atoms with van der Waals surface area (Å²) in [4.78, 5) is 7.02. The summed E-state index contributed by atoms with van der Waals surface area (Å²) in [6.07, 6.45) is 12.4. The van der Waals surface area contributed by atoms with Gasteiger partial charge in [0.15, 0.2) is 0 Å². The number of hydrogen-bond donors (Lipinski definition) is 0. The average Bonchev–Trinajstić information content (AvgIpc) is 3.54. The number of imidazole rings is 1. The van der Waals surface area contributed by atoms with Crippen molar-refractivity contribution in [2.75, 3.05) is 20.2 Å². The zero-order chi connectivity index (χ0) is 22.8. The van der Waals surface area contributed by atoms with Crippen molar-refractivity contribution < 1.29 is 4.74 Å². The highest BCUT2D eigenvalue weighted by atomic mass is 16.5. The van der Waals surface area contributed by atoms with E-state index in [4.69, 9.17) is 4.74 Å². The van der Waals surface area contributed by atoms with Crippen LogP contribution >= 0.6 is 0 Å². The number of benzene rings is 1. The second-order valence-electron chi connectivity index (χ2n) is 9.87. The van der Waals surface area contributed by atoms with Crippen LogP contribution in [-0.2, 0) is 19.6 Å². The molecule has 176 valence electrons. The van der Waals surface area contributed by atoms with Crippen molar-refractivity contribution in [3.63, 3.8) is 0 Å². The number of rotatable bonds is 7. The predicted molar refractivity (Wildman–Crippen MR) is 128 cm³/mol. The van der Waals surface area contributed by atoms with Crippen molar-refractivity contribution in [3.8, 4) is 5.75 Å². The van der Waals surface area contributed by atoms with Crippen molar-refractivity contribution in [2.24, 2.45) is 5.41 Å². The summed E-state index contributed by atoms with van der Waals surface area (Å²) in [5.74, 6) is 3.61. The minimum atomic E-state index is 0.335. The third-order valence-corrected chi connectivity index (χ3v) is 7.88. The first-order valence-electron chi connectivity index (χ1n) is 12.4. The Balaban J connectivity index is 1.39. The van der Waals surface area contributed by atoms with Gasteiger partial charge in [0.05, 0.1) is 13.7 Å².